The van der Waals surface area contributed by atoms with Gasteiger partial charge in [-0.1, -0.05) is 0 Å². The number of aromatic nitrogens is 2. The number of hydrogen-bond acceptors (Lipinski definition) is 3. The molecule has 1 heterocycles. The molecule has 1 aliphatic rings. The van der Waals surface area contributed by atoms with Crippen molar-refractivity contribution >= 4 is 0 Å². The van der Waals surface area contributed by atoms with Gasteiger partial charge in [0.05, 0.1) is 6.10 Å². The van der Waals surface area contributed by atoms with Crippen LogP contribution in [-0.2, 0) is 0 Å². The molecule has 1 N–H and O–H groups in total. The molecule has 1 saturated carbocycles. The second kappa shape index (κ2) is 2.58. The fraction of sp³-hybridized carbons (Fsp3) is 0.500. The molecule has 58 valence electrons. The Kier molecular flexibility index (Phi) is 1.58. The number of nitrogens with zero attached hydrogens (tertiary/aromatic N) is 2. The third-order valence-electron chi connectivity index (χ3n) is 2.25. The number of aliphatic hydroxyl groups excluding tert-OH is 1. The lowest BCUT2D eigenvalue weighted by atomic mass is 9.78. The molecule has 1 aliphatic carbocycles. The van der Waals surface area contributed by atoms with Crippen LogP contribution in [0.3, 0.4) is 0 Å². The molecule has 2 unspecified atom stereocenters. The van der Waals surface area contributed by atoms with Crippen molar-refractivity contribution in [2.45, 2.75) is 24.9 Å². The van der Waals surface area contributed by atoms with Crippen LogP contribution in [0.5, 0.6) is 0 Å². The van der Waals surface area contributed by atoms with Crippen molar-refractivity contribution in [2.24, 2.45) is 0 Å². The van der Waals surface area contributed by atoms with Crippen LogP contribution in [0, 0.1) is 0 Å². The molecule has 3 nitrogen and oxygen atoms in total. The third kappa shape index (κ3) is 1.12. The maximum atomic E-state index is 9.31. The van der Waals surface area contributed by atoms with Crippen molar-refractivity contribution in [2.75, 3.05) is 0 Å². The van der Waals surface area contributed by atoms with E-state index in [1.807, 2.05) is 0 Å². The van der Waals surface area contributed by atoms with Gasteiger partial charge in [-0.25, -0.2) is 9.97 Å². The zero-order valence-electron chi connectivity index (χ0n) is 6.14. The van der Waals surface area contributed by atoms with E-state index in [1.165, 1.54) is 6.33 Å². The van der Waals surface area contributed by atoms with E-state index in [9.17, 15) is 5.11 Å². The lowest BCUT2D eigenvalue weighted by molar-refractivity contribution is 0.0658. The first-order chi connectivity index (χ1) is 5.38. The normalized spacial score (nSPS) is 29.5. The highest BCUT2D eigenvalue weighted by Gasteiger charge is 2.30. The van der Waals surface area contributed by atoms with E-state index in [1.54, 1.807) is 12.4 Å². The molecule has 3 heteroatoms. The Morgan fingerprint density at radius 2 is 2.00 bits per heavy atom. The summed E-state index contributed by atoms with van der Waals surface area (Å²) in [6.45, 7) is 0. The standard InChI is InChI=1S/C8H10N2O/c11-8-2-1-7(8)6-3-9-5-10-4-6/h3-5,7-8,11H,1-2H2. The van der Waals surface area contributed by atoms with E-state index >= 15 is 0 Å². The van der Waals surface area contributed by atoms with Crippen LogP contribution >= 0.6 is 0 Å². The van der Waals surface area contributed by atoms with Gasteiger partial charge in [-0.05, 0) is 18.4 Å². The lowest BCUT2D eigenvalue weighted by Gasteiger charge is -2.31. The van der Waals surface area contributed by atoms with E-state index in [2.05, 4.69) is 9.97 Å². The zero-order valence-corrected chi connectivity index (χ0v) is 6.14. The Bertz CT molecular complexity index is 237. The first-order valence-corrected chi connectivity index (χ1v) is 3.81. The smallest absolute Gasteiger partial charge is 0.115 e. The van der Waals surface area contributed by atoms with Gasteiger partial charge < -0.3 is 5.11 Å². The van der Waals surface area contributed by atoms with Crippen LogP contribution < -0.4 is 0 Å². The highest BCUT2D eigenvalue weighted by molar-refractivity contribution is 5.15. The minimum Gasteiger partial charge on any atom is -0.392 e. The van der Waals surface area contributed by atoms with Gasteiger partial charge in [0.15, 0.2) is 0 Å². The van der Waals surface area contributed by atoms with E-state index in [0.717, 1.165) is 18.4 Å². The highest BCUT2D eigenvalue weighted by Crippen LogP contribution is 2.35. The first-order valence-electron chi connectivity index (χ1n) is 3.81. The Balaban J connectivity index is 2.17. The predicted molar refractivity (Wildman–Crippen MR) is 40.0 cm³/mol. The summed E-state index contributed by atoms with van der Waals surface area (Å²) in [5, 5.41) is 9.31. The van der Waals surface area contributed by atoms with Crippen LogP contribution in [0.2, 0.25) is 0 Å². The summed E-state index contributed by atoms with van der Waals surface area (Å²) >= 11 is 0. The van der Waals surface area contributed by atoms with E-state index in [0.29, 0.717) is 0 Å². The molecule has 0 aromatic carbocycles. The fourth-order valence-corrected chi connectivity index (χ4v) is 1.37. The van der Waals surface area contributed by atoms with Gasteiger partial charge >= 0.3 is 0 Å². The maximum Gasteiger partial charge on any atom is 0.115 e. The largest absolute Gasteiger partial charge is 0.392 e. The van der Waals surface area contributed by atoms with Crippen LogP contribution in [0.4, 0.5) is 0 Å². The summed E-state index contributed by atoms with van der Waals surface area (Å²) in [7, 11) is 0. The molecule has 1 aromatic heterocycles. The Morgan fingerprint density at radius 1 is 1.27 bits per heavy atom. The molecular weight excluding hydrogens is 140 g/mol. The number of rotatable bonds is 1. The average molecular weight is 150 g/mol. The van der Waals surface area contributed by atoms with Crippen molar-refractivity contribution in [3.05, 3.63) is 24.3 Å². The Hall–Kier alpha value is -0.960. The molecule has 1 fully saturated rings. The van der Waals surface area contributed by atoms with Crippen LogP contribution in [0.1, 0.15) is 24.3 Å². The molecule has 0 aliphatic heterocycles. The van der Waals surface area contributed by atoms with Gasteiger partial charge in [-0.2, -0.15) is 0 Å². The molecule has 0 bridgehead atoms. The Morgan fingerprint density at radius 3 is 2.45 bits per heavy atom. The minimum absolute atomic E-state index is 0.166. The molecule has 0 saturated heterocycles. The zero-order chi connectivity index (χ0) is 7.68. The monoisotopic (exact) mass is 150 g/mol. The first kappa shape index (κ1) is 6.73. The topological polar surface area (TPSA) is 46.0 Å². The summed E-state index contributed by atoms with van der Waals surface area (Å²) in [4.78, 5) is 7.80. The van der Waals surface area contributed by atoms with Crippen molar-refractivity contribution in [3.63, 3.8) is 0 Å². The van der Waals surface area contributed by atoms with Crippen molar-refractivity contribution in [1.82, 2.24) is 9.97 Å². The molecule has 0 radical (unpaired) electrons. The second-order valence-corrected chi connectivity index (χ2v) is 2.92. The Labute approximate surface area is 65.1 Å². The predicted octanol–water partition coefficient (Wildman–Crippen LogP) is 0.715. The summed E-state index contributed by atoms with van der Waals surface area (Å²) in [6, 6.07) is 0. The van der Waals surface area contributed by atoms with Gasteiger partial charge in [-0.3, -0.25) is 0 Å². The maximum absolute atomic E-state index is 9.31. The van der Waals surface area contributed by atoms with Crippen LogP contribution in [0.15, 0.2) is 18.7 Å². The van der Waals surface area contributed by atoms with Gasteiger partial charge in [0.1, 0.15) is 6.33 Å². The van der Waals surface area contributed by atoms with Gasteiger partial charge in [0.2, 0.25) is 0 Å². The number of hydrogen-bond donors (Lipinski definition) is 1. The summed E-state index contributed by atoms with van der Waals surface area (Å²) < 4.78 is 0. The molecule has 0 spiro atoms. The molecule has 1 aromatic rings. The van der Waals surface area contributed by atoms with Gasteiger partial charge in [-0.15, -0.1) is 0 Å². The third-order valence-corrected chi connectivity index (χ3v) is 2.25. The van der Waals surface area contributed by atoms with Crippen LogP contribution in [0.25, 0.3) is 0 Å². The SMILES string of the molecule is OC1CCC1c1cncnc1. The van der Waals surface area contributed by atoms with Gasteiger partial charge in [0.25, 0.3) is 0 Å². The molecular formula is C8H10N2O. The highest BCUT2D eigenvalue weighted by atomic mass is 16.3. The van der Waals surface area contributed by atoms with E-state index in [4.69, 9.17) is 0 Å². The molecule has 11 heavy (non-hydrogen) atoms. The van der Waals surface area contributed by atoms with Crippen LogP contribution in [-0.4, -0.2) is 21.2 Å². The number of aliphatic hydroxyl groups is 1. The van der Waals surface area contributed by atoms with E-state index in [-0.39, 0.29) is 12.0 Å². The molecule has 2 rings (SSSR count). The second-order valence-electron chi connectivity index (χ2n) is 2.92. The quantitative estimate of drug-likeness (QED) is 0.641. The molecule has 2 atom stereocenters. The molecule has 0 amide bonds. The minimum atomic E-state index is -0.166. The summed E-state index contributed by atoms with van der Waals surface area (Å²) in [5.74, 6) is 0.288. The summed E-state index contributed by atoms with van der Waals surface area (Å²) in [6.07, 6.45) is 6.88. The average Bonchev–Trinajstić information content (AvgIpc) is 2.04. The van der Waals surface area contributed by atoms with E-state index < -0.39 is 0 Å². The van der Waals surface area contributed by atoms with Gasteiger partial charge in [0, 0.05) is 18.3 Å². The van der Waals surface area contributed by atoms with Crippen molar-refractivity contribution in [1.29, 1.82) is 0 Å². The summed E-state index contributed by atoms with van der Waals surface area (Å²) in [5.41, 5.74) is 1.06. The fourth-order valence-electron chi connectivity index (χ4n) is 1.37. The van der Waals surface area contributed by atoms with Crippen molar-refractivity contribution < 1.29 is 5.11 Å². The lowest BCUT2D eigenvalue weighted by Crippen LogP contribution is -2.28. The van der Waals surface area contributed by atoms with Crippen molar-refractivity contribution in [3.8, 4) is 0 Å².